The average molecular weight is 299 g/mol. The summed E-state index contributed by atoms with van der Waals surface area (Å²) in [5.41, 5.74) is 2.79. The summed E-state index contributed by atoms with van der Waals surface area (Å²) in [6, 6.07) is 12.6. The zero-order valence-electron chi connectivity index (χ0n) is 12.4. The van der Waals surface area contributed by atoms with Gasteiger partial charge in [-0.15, -0.1) is 5.11 Å². The van der Waals surface area contributed by atoms with E-state index in [-0.39, 0.29) is 0 Å². The molecule has 0 aliphatic rings. The van der Waals surface area contributed by atoms with Gasteiger partial charge in [0.05, 0.1) is 12.8 Å². The molecule has 6 heteroatoms. The molecule has 6 nitrogen and oxygen atoms in total. The summed E-state index contributed by atoms with van der Waals surface area (Å²) in [6.45, 7) is 1.32. The first kappa shape index (κ1) is 15.7. The van der Waals surface area contributed by atoms with Crippen LogP contribution in [0.3, 0.4) is 0 Å². The van der Waals surface area contributed by atoms with E-state index in [1.807, 2.05) is 31.2 Å². The second-order valence-corrected chi connectivity index (χ2v) is 4.58. The SMILES string of the molecule is COc1ccccc1N=Nc1ccc(NC(=O)CO)cc1C. The standard InChI is InChI=1S/C16H17N3O3/c1-11-9-12(17-16(21)10-20)7-8-13(11)18-19-14-5-3-4-6-15(14)22-2/h3-9,20H,10H2,1-2H3,(H,17,21). The molecule has 2 aromatic rings. The molecule has 0 heterocycles. The number of benzene rings is 2. The Morgan fingerprint density at radius 1 is 1.18 bits per heavy atom. The van der Waals surface area contributed by atoms with Crippen LogP contribution in [0.25, 0.3) is 0 Å². The van der Waals surface area contributed by atoms with E-state index in [2.05, 4.69) is 15.5 Å². The first-order valence-corrected chi connectivity index (χ1v) is 6.70. The second kappa shape index (κ2) is 7.33. The van der Waals surface area contributed by atoms with Gasteiger partial charge >= 0.3 is 0 Å². The van der Waals surface area contributed by atoms with E-state index in [0.29, 0.717) is 22.8 Å². The molecule has 2 N–H and O–H groups in total. The topological polar surface area (TPSA) is 83.3 Å². The number of anilines is 1. The summed E-state index contributed by atoms with van der Waals surface area (Å²) < 4.78 is 5.21. The molecule has 0 aliphatic carbocycles. The lowest BCUT2D eigenvalue weighted by atomic mass is 10.2. The number of aliphatic hydroxyl groups is 1. The molecule has 0 aliphatic heterocycles. The van der Waals surface area contributed by atoms with Crippen LogP contribution >= 0.6 is 0 Å². The highest BCUT2D eigenvalue weighted by atomic mass is 16.5. The highest BCUT2D eigenvalue weighted by Gasteiger charge is 2.04. The molecular weight excluding hydrogens is 282 g/mol. The largest absolute Gasteiger partial charge is 0.494 e. The number of azo groups is 1. The van der Waals surface area contributed by atoms with Crippen molar-refractivity contribution in [3.63, 3.8) is 0 Å². The fourth-order valence-electron chi connectivity index (χ4n) is 1.87. The number of para-hydroxylation sites is 1. The van der Waals surface area contributed by atoms with Crippen LogP contribution < -0.4 is 10.1 Å². The van der Waals surface area contributed by atoms with Gasteiger partial charge < -0.3 is 15.2 Å². The molecule has 0 aromatic heterocycles. The summed E-state index contributed by atoms with van der Waals surface area (Å²) in [7, 11) is 1.58. The Bertz CT molecular complexity index is 699. The van der Waals surface area contributed by atoms with Gasteiger partial charge in [0.1, 0.15) is 18.0 Å². The molecule has 22 heavy (non-hydrogen) atoms. The van der Waals surface area contributed by atoms with E-state index in [1.54, 1.807) is 25.3 Å². The number of aliphatic hydroxyl groups excluding tert-OH is 1. The maximum absolute atomic E-state index is 11.1. The normalized spacial score (nSPS) is 10.7. The van der Waals surface area contributed by atoms with Gasteiger partial charge in [-0.25, -0.2) is 0 Å². The third kappa shape index (κ3) is 3.89. The minimum Gasteiger partial charge on any atom is -0.494 e. The van der Waals surface area contributed by atoms with Crippen molar-refractivity contribution in [1.82, 2.24) is 0 Å². The van der Waals surface area contributed by atoms with Gasteiger partial charge in [-0.3, -0.25) is 4.79 Å². The maximum Gasteiger partial charge on any atom is 0.250 e. The van der Waals surface area contributed by atoms with Crippen LogP contribution in [0, 0.1) is 6.92 Å². The molecule has 114 valence electrons. The Hall–Kier alpha value is -2.73. The molecule has 0 saturated carbocycles. The number of ether oxygens (including phenoxy) is 1. The van der Waals surface area contributed by atoms with Crippen molar-refractivity contribution in [3.05, 3.63) is 48.0 Å². The van der Waals surface area contributed by atoms with Gasteiger partial charge in [0.15, 0.2) is 0 Å². The number of carbonyl (C=O) groups is 1. The van der Waals surface area contributed by atoms with Crippen molar-refractivity contribution in [1.29, 1.82) is 0 Å². The highest BCUT2D eigenvalue weighted by Crippen LogP contribution is 2.30. The van der Waals surface area contributed by atoms with Gasteiger partial charge in [0.2, 0.25) is 5.91 Å². The lowest BCUT2D eigenvalue weighted by Crippen LogP contribution is -2.15. The van der Waals surface area contributed by atoms with Crippen LogP contribution in [0.15, 0.2) is 52.7 Å². The number of hydrogen-bond acceptors (Lipinski definition) is 5. The molecule has 2 aromatic carbocycles. The third-order valence-corrected chi connectivity index (χ3v) is 2.97. The fourth-order valence-corrected chi connectivity index (χ4v) is 1.87. The van der Waals surface area contributed by atoms with Gasteiger partial charge in [0, 0.05) is 5.69 Å². The molecule has 0 unspecified atom stereocenters. The van der Waals surface area contributed by atoms with Crippen LogP contribution in [-0.4, -0.2) is 24.7 Å². The molecular formula is C16H17N3O3. The Morgan fingerprint density at radius 3 is 2.59 bits per heavy atom. The number of rotatable bonds is 5. The molecule has 0 atom stereocenters. The van der Waals surface area contributed by atoms with Crippen molar-refractivity contribution >= 4 is 23.0 Å². The number of nitrogens with one attached hydrogen (secondary N) is 1. The first-order chi connectivity index (χ1) is 10.6. The van der Waals surface area contributed by atoms with Crippen molar-refractivity contribution < 1.29 is 14.6 Å². The predicted octanol–water partition coefficient (Wildman–Crippen LogP) is 3.35. The van der Waals surface area contributed by atoms with E-state index >= 15 is 0 Å². The van der Waals surface area contributed by atoms with Crippen LogP contribution in [0.4, 0.5) is 17.1 Å². The number of amides is 1. The van der Waals surface area contributed by atoms with E-state index in [0.717, 1.165) is 5.56 Å². The monoisotopic (exact) mass is 299 g/mol. The minimum absolute atomic E-state index is 0.456. The van der Waals surface area contributed by atoms with Crippen LogP contribution in [0.2, 0.25) is 0 Å². The van der Waals surface area contributed by atoms with Crippen molar-refractivity contribution in [2.75, 3.05) is 19.0 Å². The van der Waals surface area contributed by atoms with Gasteiger partial charge in [-0.05, 0) is 42.8 Å². The number of aryl methyl sites for hydroxylation is 1. The molecule has 0 radical (unpaired) electrons. The first-order valence-electron chi connectivity index (χ1n) is 6.70. The molecule has 1 amide bonds. The zero-order chi connectivity index (χ0) is 15.9. The second-order valence-electron chi connectivity index (χ2n) is 4.58. The summed E-state index contributed by atoms with van der Waals surface area (Å²) in [5, 5.41) is 19.7. The Balaban J connectivity index is 2.19. The van der Waals surface area contributed by atoms with Crippen LogP contribution in [0.1, 0.15) is 5.56 Å². The highest BCUT2D eigenvalue weighted by molar-refractivity contribution is 5.91. The number of methoxy groups -OCH3 is 1. The third-order valence-electron chi connectivity index (χ3n) is 2.97. The molecule has 0 bridgehead atoms. The molecule has 0 fully saturated rings. The predicted molar refractivity (Wildman–Crippen MR) is 84.1 cm³/mol. The van der Waals surface area contributed by atoms with Crippen molar-refractivity contribution in [3.8, 4) is 5.75 Å². The van der Waals surface area contributed by atoms with Gasteiger partial charge in [-0.2, -0.15) is 5.11 Å². The van der Waals surface area contributed by atoms with E-state index in [9.17, 15) is 4.79 Å². The Labute approximate surface area is 128 Å². The maximum atomic E-state index is 11.1. The van der Waals surface area contributed by atoms with Crippen LogP contribution in [0.5, 0.6) is 5.75 Å². The fraction of sp³-hybridized carbons (Fsp3) is 0.188. The molecule has 0 saturated heterocycles. The van der Waals surface area contributed by atoms with E-state index in [4.69, 9.17) is 9.84 Å². The summed E-state index contributed by atoms with van der Waals surface area (Å²) in [5.74, 6) is 0.193. The van der Waals surface area contributed by atoms with Gasteiger partial charge in [-0.1, -0.05) is 12.1 Å². The smallest absolute Gasteiger partial charge is 0.250 e. The number of carbonyl (C=O) groups excluding carboxylic acids is 1. The summed E-state index contributed by atoms with van der Waals surface area (Å²) in [6.07, 6.45) is 0. The van der Waals surface area contributed by atoms with E-state index in [1.165, 1.54) is 0 Å². The van der Waals surface area contributed by atoms with Crippen molar-refractivity contribution in [2.45, 2.75) is 6.92 Å². The van der Waals surface area contributed by atoms with E-state index < -0.39 is 12.5 Å². The minimum atomic E-state index is -0.547. The quantitative estimate of drug-likeness (QED) is 0.830. The Morgan fingerprint density at radius 2 is 1.91 bits per heavy atom. The molecule has 2 rings (SSSR count). The summed E-state index contributed by atoms with van der Waals surface area (Å²) in [4.78, 5) is 11.1. The number of nitrogens with zero attached hydrogens (tertiary/aromatic N) is 2. The Kier molecular flexibility index (Phi) is 5.21. The molecule has 0 spiro atoms. The lowest BCUT2D eigenvalue weighted by Gasteiger charge is -2.06. The number of hydrogen-bond donors (Lipinski definition) is 2. The average Bonchev–Trinajstić information content (AvgIpc) is 2.54. The van der Waals surface area contributed by atoms with Gasteiger partial charge in [0.25, 0.3) is 0 Å². The lowest BCUT2D eigenvalue weighted by molar-refractivity contribution is -0.118. The zero-order valence-corrected chi connectivity index (χ0v) is 12.4. The summed E-state index contributed by atoms with van der Waals surface area (Å²) >= 11 is 0. The van der Waals surface area contributed by atoms with Crippen LogP contribution in [-0.2, 0) is 4.79 Å². The van der Waals surface area contributed by atoms with Crippen molar-refractivity contribution in [2.24, 2.45) is 10.2 Å².